The molecule has 6 nitrogen and oxygen atoms in total. The first kappa shape index (κ1) is 16.8. The SMILES string of the molecule is CC(C)c1oc(=O)cc2c1[C@@H](O)C1OC(=O)[C@@]3(C)CC[C@@H](O)[C@@]2(C)C13. The second kappa shape index (κ2) is 4.95. The summed E-state index contributed by atoms with van der Waals surface area (Å²) in [4.78, 5) is 24.8. The van der Waals surface area contributed by atoms with Crippen LogP contribution in [0.5, 0.6) is 0 Å². The molecule has 6 atom stereocenters. The van der Waals surface area contributed by atoms with E-state index in [9.17, 15) is 19.8 Å². The molecule has 2 unspecified atom stereocenters. The molecule has 0 aromatic carbocycles. The van der Waals surface area contributed by atoms with Crippen molar-refractivity contribution in [1.29, 1.82) is 0 Å². The molecule has 2 fully saturated rings. The molecule has 1 aliphatic heterocycles. The summed E-state index contributed by atoms with van der Waals surface area (Å²) < 4.78 is 11.0. The van der Waals surface area contributed by atoms with Gasteiger partial charge in [0.1, 0.15) is 18.0 Å². The summed E-state index contributed by atoms with van der Waals surface area (Å²) in [5.74, 6) is -0.447. The Morgan fingerprint density at radius 3 is 2.56 bits per heavy atom. The highest BCUT2D eigenvalue weighted by molar-refractivity contribution is 5.81. The zero-order chi connectivity index (χ0) is 18.3. The second-order valence-electron chi connectivity index (χ2n) is 8.46. The number of carbonyl (C=O) groups excluding carboxylic acids is 1. The molecule has 2 N–H and O–H groups in total. The lowest BCUT2D eigenvalue weighted by Crippen LogP contribution is -2.60. The van der Waals surface area contributed by atoms with E-state index in [0.29, 0.717) is 29.7 Å². The number of aliphatic hydroxyl groups is 2. The maximum absolute atomic E-state index is 12.6. The van der Waals surface area contributed by atoms with E-state index in [0.717, 1.165) is 0 Å². The maximum Gasteiger partial charge on any atom is 0.336 e. The number of hydrogen-bond acceptors (Lipinski definition) is 6. The summed E-state index contributed by atoms with van der Waals surface area (Å²) in [7, 11) is 0. The number of hydrogen-bond donors (Lipinski definition) is 2. The van der Waals surface area contributed by atoms with Gasteiger partial charge < -0.3 is 19.4 Å². The minimum atomic E-state index is -1.06. The Balaban J connectivity index is 2.07. The minimum absolute atomic E-state index is 0.123. The van der Waals surface area contributed by atoms with Crippen LogP contribution >= 0.6 is 0 Å². The molecular formula is C19H24O6. The molecule has 1 aromatic rings. The fraction of sp³-hybridized carbons (Fsp3) is 0.684. The number of esters is 1. The molecule has 4 rings (SSSR count). The van der Waals surface area contributed by atoms with Crippen LogP contribution in [0.2, 0.25) is 0 Å². The smallest absolute Gasteiger partial charge is 0.336 e. The molecule has 6 heteroatoms. The molecule has 0 radical (unpaired) electrons. The van der Waals surface area contributed by atoms with Gasteiger partial charge in [-0.15, -0.1) is 0 Å². The van der Waals surface area contributed by atoms with Gasteiger partial charge in [-0.3, -0.25) is 4.79 Å². The maximum atomic E-state index is 12.6. The van der Waals surface area contributed by atoms with Crippen molar-refractivity contribution < 1.29 is 24.2 Å². The Morgan fingerprint density at radius 2 is 1.92 bits per heavy atom. The van der Waals surface area contributed by atoms with Gasteiger partial charge in [0.15, 0.2) is 0 Å². The average molecular weight is 348 g/mol. The summed E-state index contributed by atoms with van der Waals surface area (Å²) in [6, 6.07) is 1.37. The van der Waals surface area contributed by atoms with E-state index in [1.54, 1.807) is 0 Å². The normalized spacial score (nSPS) is 42.1. The molecular weight excluding hydrogens is 324 g/mol. The van der Waals surface area contributed by atoms with Gasteiger partial charge >= 0.3 is 11.6 Å². The van der Waals surface area contributed by atoms with Crippen molar-refractivity contribution in [1.82, 2.24) is 0 Å². The Morgan fingerprint density at radius 1 is 1.24 bits per heavy atom. The highest BCUT2D eigenvalue weighted by atomic mass is 16.6. The van der Waals surface area contributed by atoms with E-state index in [1.807, 2.05) is 27.7 Å². The van der Waals surface area contributed by atoms with Crippen LogP contribution in [0.25, 0.3) is 0 Å². The summed E-state index contributed by atoms with van der Waals surface area (Å²) in [5.41, 5.74) is -1.03. The van der Waals surface area contributed by atoms with Crippen LogP contribution in [0, 0.1) is 11.3 Å². The molecule has 1 aromatic heterocycles. The summed E-state index contributed by atoms with van der Waals surface area (Å²) >= 11 is 0. The van der Waals surface area contributed by atoms with Crippen LogP contribution in [0.4, 0.5) is 0 Å². The largest absolute Gasteiger partial charge is 0.458 e. The standard InChI is InChI=1S/C19H24O6/c1-8(2)14-12-9(7-11(21)24-14)19(4)10(20)5-6-18(3)16(19)15(13(12)22)25-17(18)23/h7-8,10,13,15-16,20,22H,5-6H2,1-4H3/t10-,13-,15?,16?,18+,19+/m1/s1. The van der Waals surface area contributed by atoms with Crippen molar-refractivity contribution >= 4 is 5.97 Å². The summed E-state index contributed by atoms with van der Waals surface area (Å²) in [6.07, 6.45) is -1.58. The zero-order valence-electron chi connectivity index (χ0n) is 14.9. The molecule has 1 saturated carbocycles. The molecule has 136 valence electrons. The Labute approximate surface area is 145 Å². The molecule has 0 bridgehead atoms. The first-order valence-corrected chi connectivity index (χ1v) is 8.88. The van der Waals surface area contributed by atoms with Crippen LogP contribution in [0.1, 0.15) is 69.4 Å². The Kier molecular flexibility index (Phi) is 3.32. The highest BCUT2D eigenvalue weighted by Crippen LogP contribution is 2.63. The number of fused-ring (bicyclic) bond motifs is 2. The first-order valence-electron chi connectivity index (χ1n) is 8.88. The van der Waals surface area contributed by atoms with Gasteiger partial charge in [0.05, 0.1) is 11.5 Å². The zero-order valence-corrected chi connectivity index (χ0v) is 14.9. The van der Waals surface area contributed by atoms with E-state index >= 15 is 0 Å². The van der Waals surface area contributed by atoms with Crippen LogP contribution < -0.4 is 5.63 Å². The molecule has 0 spiro atoms. The molecule has 2 aliphatic carbocycles. The van der Waals surface area contributed by atoms with Crippen LogP contribution in [0.3, 0.4) is 0 Å². The van der Waals surface area contributed by atoms with Crippen molar-refractivity contribution in [2.75, 3.05) is 0 Å². The fourth-order valence-electron chi connectivity index (χ4n) is 5.48. The second-order valence-corrected chi connectivity index (χ2v) is 8.46. The molecule has 25 heavy (non-hydrogen) atoms. The van der Waals surface area contributed by atoms with Crippen molar-refractivity contribution in [2.45, 2.75) is 70.2 Å². The van der Waals surface area contributed by atoms with Gasteiger partial charge in [-0.05, 0) is 25.3 Å². The predicted molar refractivity (Wildman–Crippen MR) is 88.1 cm³/mol. The third-order valence-electron chi connectivity index (χ3n) is 6.74. The number of carbonyl (C=O) groups is 1. The van der Waals surface area contributed by atoms with Gasteiger partial charge in [-0.2, -0.15) is 0 Å². The highest BCUT2D eigenvalue weighted by Gasteiger charge is 2.69. The van der Waals surface area contributed by atoms with Gasteiger partial charge in [0.25, 0.3) is 0 Å². The van der Waals surface area contributed by atoms with Crippen molar-refractivity contribution in [2.24, 2.45) is 11.3 Å². The van der Waals surface area contributed by atoms with E-state index in [1.165, 1.54) is 6.07 Å². The van der Waals surface area contributed by atoms with Crippen molar-refractivity contribution in [3.05, 3.63) is 33.4 Å². The topological polar surface area (TPSA) is 97.0 Å². The van der Waals surface area contributed by atoms with Gasteiger partial charge in [0, 0.05) is 28.9 Å². The van der Waals surface area contributed by atoms with Crippen molar-refractivity contribution in [3.8, 4) is 0 Å². The summed E-state index contributed by atoms with van der Waals surface area (Å²) in [6.45, 7) is 7.48. The third kappa shape index (κ3) is 1.87. The van der Waals surface area contributed by atoms with E-state index in [-0.39, 0.29) is 17.8 Å². The average Bonchev–Trinajstić information content (AvgIpc) is 2.82. The Bertz CT molecular complexity index is 811. The first-order chi connectivity index (χ1) is 11.6. The molecule has 2 heterocycles. The van der Waals surface area contributed by atoms with Crippen molar-refractivity contribution in [3.63, 3.8) is 0 Å². The van der Waals surface area contributed by atoms with Gasteiger partial charge in [-0.25, -0.2) is 4.79 Å². The Hall–Kier alpha value is -1.66. The molecule has 0 amide bonds. The number of aliphatic hydroxyl groups excluding tert-OH is 2. The number of rotatable bonds is 1. The summed E-state index contributed by atoms with van der Waals surface area (Å²) in [5, 5.41) is 21.9. The fourth-order valence-corrected chi connectivity index (χ4v) is 5.48. The van der Waals surface area contributed by atoms with Crippen LogP contribution in [-0.2, 0) is 14.9 Å². The molecule has 3 aliphatic rings. The van der Waals surface area contributed by atoms with Crippen LogP contribution in [0.15, 0.2) is 15.3 Å². The van der Waals surface area contributed by atoms with Gasteiger partial charge in [-0.1, -0.05) is 20.8 Å². The van der Waals surface area contributed by atoms with E-state index < -0.39 is 34.8 Å². The molecule has 1 saturated heterocycles. The lowest BCUT2D eigenvalue weighted by Gasteiger charge is -2.54. The van der Waals surface area contributed by atoms with E-state index in [2.05, 4.69) is 0 Å². The lowest BCUT2D eigenvalue weighted by molar-refractivity contribution is -0.151. The monoisotopic (exact) mass is 348 g/mol. The van der Waals surface area contributed by atoms with E-state index in [4.69, 9.17) is 9.15 Å². The lowest BCUT2D eigenvalue weighted by atomic mass is 9.48. The quantitative estimate of drug-likeness (QED) is 0.751. The predicted octanol–water partition coefficient (Wildman–Crippen LogP) is 1.77. The minimum Gasteiger partial charge on any atom is -0.458 e. The van der Waals surface area contributed by atoms with Crippen LogP contribution in [-0.4, -0.2) is 28.4 Å². The number of ether oxygens (including phenoxy) is 1. The van der Waals surface area contributed by atoms with Gasteiger partial charge in [0.2, 0.25) is 0 Å². The third-order valence-corrected chi connectivity index (χ3v) is 6.74.